The highest BCUT2D eigenvalue weighted by Gasteiger charge is 2.56. The minimum absolute atomic E-state index is 0.121. The summed E-state index contributed by atoms with van der Waals surface area (Å²) in [5, 5.41) is 15.1. The average molecular weight is 377 g/mol. The number of pyridine rings is 1. The topological polar surface area (TPSA) is 124 Å². The van der Waals surface area contributed by atoms with Gasteiger partial charge in [0.15, 0.2) is 0 Å². The van der Waals surface area contributed by atoms with E-state index in [1.54, 1.807) is 23.2 Å². The molecule has 1 aliphatic heterocycles. The van der Waals surface area contributed by atoms with Gasteiger partial charge in [-0.1, -0.05) is 0 Å². The number of anilines is 3. The molecule has 0 unspecified atom stereocenters. The van der Waals surface area contributed by atoms with E-state index in [4.69, 9.17) is 0 Å². The molecule has 28 heavy (non-hydrogen) atoms. The summed E-state index contributed by atoms with van der Waals surface area (Å²) < 4.78 is 0. The molecular weight excluding hydrogens is 358 g/mol. The fourth-order valence-corrected chi connectivity index (χ4v) is 3.56. The normalized spacial score (nSPS) is 21.3. The van der Waals surface area contributed by atoms with Crippen molar-refractivity contribution in [2.45, 2.75) is 19.3 Å². The van der Waals surface area contributed by atoms with Gasteiger partial charge in [0.1, 0.15) is 22.7 Å². The SMILES string of the molecule is CNC(=O)c1cnc(Nc2cc(N3CC[C@@](C#N)(C4CC4)C3=O)ccn2)cn1. The Hall–Kier alpha value is -3.54. The highest BCUT2D eigenvalue weighted by Crippen LogP contribution is 2.51. The van der Waals surface area contributed by atoms with Crippen LogP contribution in [-0.2, 0) is 4.79 Å². The molecule has 3 heterocycles. The summed E-state index contributed by atoms with van der Waals surface area (Å²) >= 11 is 0. The third kappa shape index (κ3) is 3.03. The second kappa shape index (κ2) is 6.88. The molecule has 142 valence electrons. The molecule has 2 amide bonds. The van der Waals surface area contributed by atoms with E-state index in [-0.39, 0.29) is 23.4 Å². The molecule has 9 nitrogen and oxygen atoms in total. The molecule has 2 aliphatic rings. The number of rotatable bonds is 5. The summed E-state index contributed by atoms with van der Waals surface area (Å²) in [6, 6.07) is 5.79. The summed E-state index contributed by atoms with van der Waals surface area (Å²) in [5.74, 6) is 0.666. The van der Waals surface area contributed by atoms with Crippen LogP contribution in [0, 0.1) is 22.7 Å². The summed E-state index contributed by atoms with van der Waals surface area (Å²) in [6.07, 6.45) is 6.85. The smallest absolute Gasteiger partial charge is 0.271 e. The second-order valence-electron chi connectivity index (χ2n) is 6.95. The molecule has 0 aromatic carbocycles. The molecular formula is C19H19N7O2. The Labute approximate surface area is 161 Å². The number of carbonyl (C=O) groups excluding carboxylic acids is 2. The van der Waals surface area contributed by atoms with Gasteiger partial charge in [-0.3, -0.25) is 9.59 Å². The number of nitrogens with one attached hydrogen (secondary N) is 2. The fraction of sp³-hybridized carbons (Fsp3) is 0.368. The van der Waals surface area contributed by atoms with Crippen molar-refractivity contribution >= 4 is 29.1 Å². The highest BCUT2D eigenvalue weighted by atomic mass is 16.2. The summed E-state index contributed by atoms with van der Waals surface area (Å²) in [7, 11) is 1.52. The van der Waals surface area contributed by atoms with Gasteiger partial charge in [-0.2, -0.15) is 5.26 Å². The van der Waals surface area contributed by atoms with Crippen molar-refractivity contribution in [1.82, 2.24) is 20.3 Å². The number of hydrogen-bond acceptors (Lipinski definition) is 7. The van der Waals surface area contributed by atoms with E-state index in [1.165, 1.54) is 19.4 Å². The van der Waals surface area contributed by atoms with E-state index < -0.39 is 5.41 Å². The molecule has 1 saturated carbocycles. The van der Waals surface area contributed by atoms with Crippen LogP contribution in [0.1, 0.15) is 29.8 Å². The first-order valence-corrected chi connectivity index (χ1v) is 9.08. The van der Waals surface area contributed by atoms with Crippen molar-refractivity contribution in [3.05, 3.63) is 36.4 Å². The molecule has 4 rings (SSSR count). The maximum Gasteiger partial charge on any atom is 0.271 e. The lowest BCUT2D eigenvalue weighted by Crippen LogP contribution is -2.35. The largest absolute Gasteiger partial charge is 0.354 e. The molecule has 9 heteroatoms. The zero-order valence-electron chi connectivity index (χ0n) is 15.3. The van der Waals surface area contributed by atoms with Crippen LogP contribution >= 0.6 is 0 Å². The van der Waals surface area contributed by atoms with Gasteiger partial charge < -0.3 is 15.5 Å². The van der Waals surface area contributed by atoms with Gasteiger partial charge in [0.05, 0.1) is 18.5 Å². The lowest BCUT2D eigenvalue weighted by Gasteiger charge is -2.21. The van der Waals surface area contributed by atoms with Gasteiger partial charge in [0.2, 0.25) is 5.91 Å². The van der Waals surface area contributed by atoms with Crippen molar-refractivity contribution in [2.75, 3.05) is 23.8 Å². The Balaban J connectivity index is 1.52. The minimum atomic E-state index is -0.877. The number of carbonyl (C=O) groups is 2. The fourth-order valence-electron chi connectivity index (χ4n) is 3.56. The zero-order valence-corrected chi connectivity index (χ0v) is 15.3. The predicted molar refractivity (Wildman–Crippen MR) is 101 cm³/mol. The first-order valence-electron chi connectivity index (χ1n) is 9.08. The Morgan fingerprint density at radius 2 is 2.11 bits per heavy atom. The van der Waals surface area contributed by atoms with Gasteiger partial charge >= 0.3 is 0 Å². The van der Waals surface area contributed by atoms with Gasteiger partial charge in [0, 0.05) is 31.5 Å². The Morgan fingerprint density at radius 1 is 1.29 bits per heavy atom. The molecule has 1 saturated heterocycles. The van der Waals surface area contributed by atoms with Gasteiger partial charge in [-0.05, 0) is 31.2 Å². The molecule has 2 aromatic heterocycles. The van der Waals surface area contributed by atoms with Crippen LogP contribution in [0.25, 0.3) is 0 Å². The highest BCUT2D eigenvalue weighted by molar-refractivity contribution is 6.02. The Bertz CT molecular complexity index is 965. The standard InChI is InChI=1S/C19H19N7O2/c1-21-17(27)14-9-24-16(10-23-14)25-15-8-13(4-6-22-15)26-7-5-19(11-20,18(26)28)12-2-3-12/h4,6,8-10,12H,2-3,5,7H2,1H3,(H,21,27)(H,22,24,25)/t19-/m1/s1. The number of nitriles is 1. The van der Waals surface area contributed by atoms with Crippen LogP contribution < -0.4 is 15.5 Å². The number of nitrogens with zero attached hydrogens (tertiary/aromatic N) is 5. The van der Waals surface area contributed by atoms with Crippen LogP contribution in [0.4, 0.5) is 17.3 Å². The maximum absolute atomic E-state index is 12.9. The molecule has 1 atom stereocenters. The van der Waals surface area contributed by atoms with Crippen molar-refractivity contribution in [2.24, 2.45) is 11.3 Å². The van der Waals surface area contributed by atoms with Crippen LogP contribution in [0.5, 0.6) is 0 Å². The Morgan fingerprint density at radius 3 is 2.75 bits per heavy atom. The third-order valence-corrected chi connectivity index (χ3v) is 5.25. The van der Waals surface area contributed by atoms with Gasteiger partial charge in [-0.15, -0.1) is 0 Å². The van der Waals surface area contributed by atoms with Crippen molar-refractivity contribution in [1.29, 1.82) is 5.26 Å². The lowest BCUT2D eigenvalue weighted by atomic mass is 9.83. The van der Waals surface area contributed by atoms with Crippen molar-refractivity contribution in [3.63, 3.8) is 0 Å². The minimum Gasteiger partial charge on any atom is -0.354 e. The first kappa shape index (κ1) is 17.9. The van der Waals surface area contributed by atoms with Crippen LogP contribution in [-0.4, -0.2) is 40.4 Å². The maximum atomic E-state index is 12.9. The van der Waals surface area contributed by atoms with E-state index in [2.05, 4.69) is 31.7 Å². The van der Waals surface area contributed by atoms with Gasteiger partial charge in [0.25, 0.3) is 5.91 Å². The van der Waals surface area contributed by atoms with E-state index in [9.17, 15) is 14.9 Å². The van der Waals surface area contributed by atoms with E-state index >= 15 is 0 Å². The van der Waals surface area contributed by atoms with Crippen molar-refractivity contribution < 1.29 is 9.59 Å². The van der Waals surface area contributed by atoms with E-state index in [1.807, 2.05) is 0 Å². The number of amides is 2. The van der Waals surface area contributed by atoms with E-state index in [0.717, 1.165) is 12.8 Å². The van der Waals surface area contributed by atoms with E-state index in [0.29, 0.717) is 30.3 Å². The molecule has 0 radical (unpaired) electrons. The molecule has 2 aromatic rings. The molecule has 2 N–H and O–H groups in total. The molecule has 0 bridgehead atoms. The van der Waals surface area contributed by atoms with Crippen LogP contribution in [0.2, 0.25) is 0 Å². The van der Waals surface area contributed by atoms with Crippen LogP contribution in [0.15, 0.2) is 30.7 Å². The zero-order chi connectivity index (χ0) is 19.7. The molecule has 1 aliphatic carbocycles. The lowest BCUT2D eigenvalue weighted by molar-refractivity contribution is -0.123. The van der Waals surface area contributed by atoms with Crippen LogP contribution in [0.3, 0.4) is 0 Å². The summed E-state index contributed by atoms with van der Waals surface area (Å²) in [5.41, 5.74) is 0.0263. The summed E-state index contributed by atoms with van der Waals surface area (Å²) in [4.78, 5) is 38.6. The third-order valence-electron chi connectivity index (χ3n) is 5.25. The monoisotopic (exact) mass is 377 g/mol. The quantitative estimate of drug-likeness (QED) is 0.811. The number of aromatic nitrogens is 3. The number of hydrogen-bond donors (Lipinski definition) is 2. The predicted octanol–water partition coefficient (Wildman–Crippen LogP) is 1.63. The van der Waals surface area contributed by atoms with Crippen molar-refractivity contribution in [3.8, 4) is 6.07 Å². The second-order valence-corrected chi connectivity index (χ2v) is 6.95. The first-order chi connectivity index (χ1) is 13.6. The van der Waals surface area contributed by atoms with Gasteiger partial charge in [-0.25, -0.2) is 15.0 Å². The molecule has 0 spiro atoms. The average Bonchev–Trinajstić information content (AvgIpc) is 3.52. The molecule has 2 fully saturated rings. The summed E-state index contributed by atoms with van der Waals surface area (Å²) in [6.45, 7) is 0.521. The Kier molecular flexibility index (Phi) is 4.39.